The van der Waals surface area contributed by atoms with Crippen molar-refractivity contribution in [1.82, 2.24) is 14.9 Å². The standard InChI is InChI=1S/C15H19N3O2S/c1-9-10(2)21-15-13(9)14(20)16-12(17-15)7-18-5-3-11(8-19)4-6-18/h8,11H,3-7H2,1-2H3,(H,16,17,20). The maximum atomic E-state index is 12.2. The normalized spacial score (nSPS) is 17.4. The molecule has 0 aromatic carbocycles. The van der Waals surface area contributed by atoms with Crippen LogP contribution in [-0.4, -0.2) is 34.2 Å². The number of rotatable bonds is 3. The molecule has 2 aromatic heterocycles. The molecule has 21 heavy (non-hydrogen) atoms. The number of nitrogens with one attached hydrogen (secondary N) is 1. The highest BCUT2D eigenvalue weighted by Crippen LogP contribution is 2.26. The summed E-state index contributed by atoms with van der Waals surface area (Å²) in [5, 5.41) is 0.723. The molecular weight excluding hydrogens is 286 g/mol. The van der Waals surface area contributed by atoms with Gasteiger partial charge in [-0.1, -0.05) is 0 Å². The predicted molar refractivity (Wildman–Crippen MR) is 83.8 cm³/mol. The monoisotopic (exact) mass is 305 g/mol. The molecule has 2 aromatic rings. The van der Waals surface area contributed by atoms with E-state index in [1.165, 1.54) is 0 Å². The van der Waals surface area contributed by atoms with Gasteiger partial charge < -0.3 is 9.78 Å². The Kier molecular flexibility index (Phi) is 3.91. The lowest BCUT2D eigenvalue weighted by atomic mass is 9.99. The Bertz CT molecular complexity index is 726. The zero-order valence-electron chi connectivity index (χ0n) is 12.3. The van der Waals surface area contributed by atoms with Crippen LogP contribution in [0.5, 0.6) is 0 Å². The molecule has 6 heteroatoms. The van der Waals surface area contributed by atoms with Crippen molar-refractivity contribution in [1.29, 1.82) is 0 Å². The molecular formula is C15H19N3O2S. The van der Waals surface area contributed by atoms with Gasteiger partial charge in [0.25, 0.3) is 5.56 Å². The van der Waals surface area contributed by atoms with Crippen molar-refractivity contribution in [2.75, 3.05) is 13.1 Å². The molecule has 0 unspecified atom stereocenters. The van der Waals surface area contributed by atoms with Crippen LogP contribution in [0.3, 0.4) is 0 Å². The summed E-state index contributed by atoms with van der Waals surface area (Å²) in [6.45, 7) is 6.40. The Morgan fingerprint density at radius 1 is 1.38 bits per heavy atom. The van der Waals surface area contributed by atoms with E-state index in [1.54, 1.807) is 11.3 Å². The van der Waals surface area contributed by atoms with E-state index < -0.39 is 0 Å². The fourth-order valence-electron chi connectivity index (χ4n) is 2.83. The predicted octanol–water partition coefficient (Wildman–Crippen LogP) is 2.01. The molecule has 0 bridgehead atoms. The summed E-state index contributed by atoms with van der Waals surface area (Å²) in [6, 6.07) is 0. The maximum Gasteiger partial charge on any atom is 0.259 e. The highest BCUT2D eigenvalue weighted by molar-refractivity contribution is 7.18. The number of nitrogens with zero attached hydrogens (tertiary/aromatic N) is 2. The SMILES string of the molecule is Cc1sc2nc(CN3CCC(C=O)CC3)[nH]c(=O)c2c1C. The Morgan fingerprint density at radius 2 is 2.10 bits per heavy atom. The number of aldehydes is 1. The molecule has 1 fully saturated rings. The number of piperidine rings is 1. The first-order valence-corrected chi connectivity index (χ1v) is 8.06. The summed E-state index contributed by atoms with van der Waals surface area (Å²) in [5.41, 5.74) is 0.988. The summed E-state index contributed by atoms with van der Waals surface area (Å²) < 4.78 is 0. The van der Waals surface area contributed by atoms with Gasteiger partial charge in [0.15, 0.2) is 0 Å². The van der Waals surface area contributed by atoms with E-state index in [-0.39, 0.29) is 11.5 Å². The van der Waals surface area contributed by atoms with Gasteiger partial charge in [-0.05, 0) is 45.3 Å². The number of carbonyl (C=O) groups is 1. The fourth-order valence-corrected chi connectivity index (χ4v) is 3.88. The second-order valence-electron chi connectivity index (χ2n) is 5.73. The highest BCUT2D eigenvalue weighted by atomic mass is 32.1. The highest BCUT2D eigenvalue weighted by Gasteiger charge is 2.20. The average molecular weight is 305 g/mol. The Labute approximate surface area is 127 Å². The zero-order valence-corrected chi connectivity index (χ0v) is 13.1. The Morgan fingerprint density at radius 3 is 2.76 bits per heavy atom. The molecule has 0 aliphatic carbocycles. The zero-order chi connectivity index (χ0) is 15.0. The van der Waals surface area contributed by atoms with Gasteiger partial charge in [0.05, 0.1) is 11.9 Å². The van der Waals surface area contributed by atoms with E-state index in [1.807, 2.05) is 13.8 Å². The first kappa shape index (κ1) is 14.4. The molecule has 1 aliphatic heterocycles. The summed E-state index contributed by atoms with van der Waals surface area (Å²) in [4.78, 5) is 34.7. The van der Waals surface area contributed by atoms with Gasteiger partial charge in [-0.2, -0.15) is 0 Å². The van der Waals surface area contributed by atoms with Gasteiger partial charge in [-0.3, -0.25) is 9.69 Å². The molecule has 112 valence electrons. The molecule has 3 rings (SSSR count). The first-order valence-electron chi connectivity index (χ1n) is 7.25. The number of aromatic amines is 1. The van der Waals surface area contributed by atoms with Crippen LogP contribution in [0.25, 0.3) is 10.2 Å². The van der Waals surface area contributed by atoms with E-state index in [4.69, 9.17) is 0 Å². The summed E-state index contributed by atoms with van der Waals surface area (Å²) >= 11 is 1.58. The van der Waals surface area contributed by atoms with Crippen LogP contribution >= 0.6 is 11.3 Å². The van der Waals surface area contributed by atoms with Gasteiger partial charge in [0.2, 0.25) is 0 Å². The maximum absolute atomic E-state index is 12.2. The van der Waals surface area contributed by atoms with Crippen molar-refractivity contribution in [3.05, 3.63) is 26.6 Å². The second-order valence-corrected chi connectivity index (χ2v) is 6.93. The molecule has 0 spiro atoms. The van der Waals surface area contributed by atoms with Gasteiger partial charge in [-0.25, -0.2) is 4.98 Å². The number of carbonyl (C=O) groups excluding carboxylic acids is 1. The topological polar surface area (TPSA) is 66.1 Å². The van der Waals surface area contributed by atoms with E-state index >= 15 is 0 Å². The van der Waals surface area contributed by atoms with Crippen LogP contribution < -0.4 is 5.56 Å². The van der Waals surface area contributed by atoms with Crippen molar-refractivity contribution >= 4 is 27.8 Å². The van der Waals surface area contributed by atoms with Gasteiger partial charge in [-0.15, -0.1) is 11.3 Å². The lowest BCUT2D eigenvalue weighted by Gasteiger charge is -2.28. The van der Waals surface area contributed by atoms with Crippen LogP contribution in [0.4, 0.5) is 0 Å². The van der Waals surface area contributed by atoms with Crippen molar-refractivity contribution < 1.29 is 4.79 Å². The molecule has 1 aliphatic rings. The third-order valence-corrected chi connectivity index (χ3v) is 5.39. The number of hydrogen-bond acceptors (Lipinski definition) is 5. The number of aryl methyl sites for hydroxylation is 2. The molecule has 0 radical (unpaired) electrons. The number of hydrogen-bond donors (Lipinski definition) is 1. The van der Waals surface area contributed by atoms with Crippen LogP contribution in [0.2, 0.25) is 0 Å². The van der Waals surface area contributed by atoms with Gasteiger partial charge in [0.1, 0.15) is 16.9 Å². The Hall–Kier alpha value is -1.53. The van der Waals surface area contributed by atoms with Crippen LogP contribution in [0.15, 0.2) is 4.79 Å². The van der Waals surface area contributed by atoms with Crippen molar-refractivity contribution in [2.45, 2.75) is 33.2 Å². The van der Waals surface area contributed by atoms with Gasteiger partial charge >= 0.3 is 0 Å². The summed E-state index contributed by atoms with van der Waals surface area (Å²) in [7, 11) is 0. The summed E-state index contributed by atoms with van der Waals surface area (Å²) in [6.07, 6.45) is 2.85. The van der Waals surface area contributed by atoms with E-state index in [9.17, 15) is 9.59 Å². The quantitative estimate of drug-likeness (QED) is 0.881. The van der Waals surface area contributed by atoms with E-state index in [0.717, 1.165) is 58.7 Å². The lowest BCUT2D eigenvalue weighted by Crippen LogP contribution is -2.34. The third kappa shape index (κ3) is 2.78. The minimum atomic E-state index is -0.0420. The van der Waals surface area contributed by atoms with Crippen LogP contribution in [-0.2, 0) is 11.3 Å². The molecule has 0 atom stereocenters. The molecule has 1 N–H and O–H groups in total. The molecule has 5 nitrogen and oxygen atoms in total. The van der Waals surface area contributed by atoms with Crippen molar-refractivity contribution in [3.8, 4) is 0 Å². The largest absolute Gasteiger partial charge is 0.309 e. The fraction of sp³-hybridized carbons (Fsp3) is 0.533. The van der Waals surface area contributed by atoms with Crippen molar-refractivity contribution in [3.63, 3.8) is 0 Å². The van der Waals surface area contributed by atoms with Crippen LogP contribution in [0, 0.1) is 19.8 Å². The van der Waals surface area contributed by atoms with E-state index in [2.05, 4.69) is 14.9 Å². The average Bonchev–Trinajstić information content (AvgIpc) is 2.75. The summed E-state index contributed by atoms with van der Waals surface area (Å²) in [5.74, 6) is 0.914. The molecule has 0 saturated carbocycles. The number of H-pyrrole nitrogens is 1. The minimum absolute atomic E-state index is 0.0420. The number of likely N-dealkylation sites (tertiary alicyclic amines) is 1. The number of aromatic nitrogens is 2. The Balaban J connectivity index is 1.82. The van der Waals surface area contributed by atoms with Crippen molar-refractivity contribution in [2.24, 2.45) is 5.92 Å². The first-order chi connectivity index (χ1) is 10.1. The van der Waals surface area contributed by atoms with E-state index in [0.29, 0.717) is 6.54 Å². The third-order valence-electron chi connectivity index (χ3n) is 4.29. The smallest absolute Gasteiger partial charge is 0.259 e. The van der Waals surface area contributed by atoms with Crippen LogP contribution in [0.1, 0.15) is 29.1 Å². The number of thiophene rings is 1. The minimum Gasteiger partial charge on any atom is -0.309 e. The second kappa shape index (κ2) is 5.69. The lowest BCUT2D eigenvalue weighted by molar-refractivity contribution is -0.112. The molecule has 0 amide bonds. The molecule has 3 heterocycles. The molecule has 1 saturated heterocycles. The van der Waals surface area contributed by atoms with Gasteiger partial charge in [0, 0.05) is 10.8 Å². The number of fused-ring (bicyclic) bond motifs is 1.